The van der Waals surface area contributed by atoms with Gasteiger partial charge in [0.15, 0.2) is 0 Å². The maximum Gasteiger partial charge on any atom is 0.0593 e. The van der Waals surface area contributed by atoms with Crippen molar-refractivity contribution in [3.05, 3.63) is 18.0 Å². The highest BCUT2D eigenvalue weighted by Gasteiger charge is 2.15. The zero-order valence-electron chi connectivity index (χ0n) is 10.7. The molecule has 1 atom stereocenters. The van der Waals surface area contributed by atoms with Crippen LogP contribution in [0.2, 0.25) is 0 Å². The van der Waals surface area contributed by atoms with Crippen LogP contribution in [-0.2, 0) is 17.8 Å². The highest BCUT2D eigenvalue weighted by Crippen LogP contribution is 2.16. The molecule has 1 aliphatic rings. The van der Waals surface area contributed by atoms with Crippen molar-refractivity contribution >= 4 is 0 Å². The Labute approximate surface area is 103 Å². The van der Waals surface area contributed by atoms with Gasteiger partial charge in [-0.25, -0.2) is 0 Å². The Kier molecular flexibility index (Phi) is 5.01. The fourth-order valence-electron chi connectivity index (χ4n) is 2.24. The molecule has 1 aromatic heterocycles. The Morgan fingerprint density at radius 3 is 3.29 bits per heavy atom. The van der Waals surface area contributed by atoms with Gasteiger partial charge in [0.25, 0.3) is 0 Å². The summed E-state index contributed by atoms with van der Waals surface area (Å²) in [6.07, 6.45) is 7.03. The first-order chi connectivity index (χ1) is 8.40. The zero-order valence-corrected chi connectivity index (χ0v) is 10.7. The van der Waals surface area contributed by atoms with E-state index in [1.807, 2.05) is 6.20 Å². The average Bonchev–Trinajstić information content (AvgIpc) is 2.97. The summed E-state index contributed by atoms with van der Waals surface area (Å²) in [6.45, 7) is 6.08. The van der Waals surface area contributed by atoms with Crippen molar-refractivity contribution in [2.75, 3.05) is 13.2 Å². The van der Waals surface area contributed by atoms with Crippen molar-refractivity contribution in [3.8, 4) is 0 Å². The van der Waals surface area contributed by atoms with Crippen molar-refractivity contribution in [1.82, 2.24) is 15.1 Å². The predicted octanol–water partition coefficient (Wildman–Crippen LogP) is 1.95. The van der Waals surface area contributed by atoms with Gasteiger partial charge in [-0.2, -0.15) is 5.10 Å². The van der Waals surface area contributed by atoms with E-state index in [4.69, 9.17) is 4.74 Å². The molecule has 1 aliphatic heterocycles. The maximum absolute atomic E-state index is 5.63. The van der Waals surface area contributed by atoms with Crippen LogP contribution in [0.1, 0.15) is 38.3 Å². The Morgan fingerprint density at radius 1 is 1.59 bits per heavy atom. The molecule has 1 unspecified atom stereocenters. The van der Waals surface area contributed by atoms with Crippen LogP contribution in [0.5, 0.6) is 0 Å². The van der Waals surface area contributed by atoms with Gasteiger partial charge in [-0.15, -0.1) is 0 Å². The quantitative estimate of drug-likeness (QED) is 0.737. The molecule has 1 saturated heterocycles. The molecule has 1 N–H and O–H groups in total. The van der Waals surface area contributed by atoms with Crippen LogP contribution in [0.3, 0.4) is 0 Å². The molecule has 4 heteroatoms. The van der Waals surface area contributed by atoms with Crippen LogP contribution in [0.25, 0.3) is 0 Å². The first-order valence-corrected chi connectivity index (χ1v) is 6.73. The number of aromatic nitrogens is 2. The number of ether oxygens (including phenoxy) is 1. The van der Waals surface area contributed by atoms with Gasteiger partial charge < -0.3 is 10.1 Å². The molecular formula is C13H23N3O. The summed E-state index contributed by atoms with van der Waals surface area (Å²) < 4.78 is 7.73. The molecule has 2 rings (SSSR count). The van der Waals surface area contributed by atoms with Gasteiger partial charge >= 0.3 is 0 Å². The molecule has 0 spiro atoms. The molecule has 0 radical (unpaired) electrons. The molecule has 2 heterocycles. The third kappa shape index (κ3) is 3.82. The van der Waals surface area contributed by atoms with Gasteiger partial charge in [-0.3, -0.25) is 4.68 Å². The number of nitrogens with one attached hydrogen (secondary N) is 1. The summed E-state index contributed by atoms with van der Waals surface area (Å²) in [4.78, 5) is 0. The van der Waals surface area contributed by atoms with Crippen molar-refractivity contribution in [3.63, 3.8) is 0 Å². The minimum absolute atomic E-state index is 0.454. The standard InChI is InChI=1S/C13H23N3O/c1-2-7-14-11-12-5-8-15-16(12)9-6-13-4-3-10-17-13/h5,8,13-14H,2-4,6-7,9-11H2,1H3. The summed E-state index contributed by atoms with van der Waals surface area (Å²) in [6, 6.07) is 2.10. The summed E-state index contributed by atoms with van der Waals surface area (Å²) in [7, 11) is 0. The topological polar surface area (TPSA) is 39.1 Å². The van der Waals surface area contributed by atoms with E-state index in [2.05, 4.69) is 28.1 Å². The lowest BCUT2D eigenvalue weighted by atomic mass is 10.2. The fourth-order valence-corrected chi connectivity index (χ4v) is 2.24. The molecular weight excluding hydrogens is 214 g/mol. The maximum atomic E-state index is 5.63. The predicted molar refractivity (Wildman–Crippen MR) is 67.8 cm³/mol. The third-order valence-electron chi connectivity index (χ3n) is 3.22. The van der Waals surface area contributed by atoms with E-state index in [1.165, 1.54) is 25.0 Å². The number of nitrogens with zero attached hydrogens (tertiary/aromatic N) is 2. The Morgan fingerprint density at radius 2 is 2.53 bits per heavy atom. The molecule has 0 amide bonds. The Balaban J connectivity index is 1.76. The van der Waals surface area contributed by atoms with E-state index in [0.717, 1.165) is 32.7 Å². The summed E-state index contributed by atoms with van der Waals surface area (Å²) in [5.74, 6) is 0. The minimum atomic E-state index is 0.454. The van der Waals surface area contributed by atoms with Gasteiger partial charge in [-0.05, 0) is 38.3 Å². The first kappa shape index (κ1) is 12.6. The van der Waals surface area contributed by atoms with Crippen molar-refractivity contribution in [2.45, 2.75) is 51.8 Å². The van der Waals surface area contributed by atoms with Crippen LogP contribution >= 0.6 is 0 Å². The monoisotopic (exact) mass is 237 g/mol. The number of hydrogen-bond acceptors (Lipinski definition) is 3. The van der Waals surface area contributed by atoms with E-state index in [1.54, 1.807) is 0 Å². The number of rotatable bonds is 7. The van der Waals surface area contributed by atoms with Crippen LogP contribution in [0.15, 0.2) is 12.3 Å². The molecule has 1 fully saturated rings. The van der Waals surface area contributed by atoms with Gasteiger partial charge in [0.05, 0.1) is 11.8 Å². The lowest BCUT2D eigenvalue weighted by Crippen LogP contribution is -2.19. The lowest BCUT2D eigenvalue weighted by molar-refractivity contribution is 0.0992. The van der Waals surface area contributed by atoms with Crippen molar-refractivity contribution in [2.24, 2.45) is 0 Å². The highest BCUT2D eigenvalue weighted by atomic mass is 16.5. The molecule has 4 nitrogen and oxygen atoms in total. The van der Waals surface area contributed by atoms with Crippen LogP contribution in [-0.4, -0.2) is 29.0 Å². The van der Waals surface area contributed by atoms with E-state index in [0.29, 0.717) is 6.10 Å². The molecule has 17 heavy (non-hydrogen) atoms. The smallest absolute Gasteiger partial charge is 0.0593 e. The van der Waals surface area contributed by atoms with E-state index in [9.17, 15) is 0 Å². The first-order valence-electron chi connectivity index (χ1n) is 6.73. The molecule has 0 saturated carbocycles. The van der Waals surface area contributed by atoms with Crippen LogP contribution in [0, 0.1) is 0 Å². The van der Waals surface area contributed by atoms with E-state index >= 15 is 0 Å². The summed E-state index contributed by atoms with van der Waals surface area (Å²) >= 11 is 0. The Bertz CT molecular complexity index is 318. The Hall–Kier alpha value is -0.870. The second-order valence-corrected chi connectivity index (χ2v) is 4.65. The third-order valence-corrected chi connectivity index (χ3v) is 3.22. The van der Waals surface area contributed by atoms with E-state index in [-0.39, 0.29) is 0 Å². The van der Waals surface area contributed by atoms with Gasteiger partial charge in [0, 0.05) is 25.9 Å². The van der Waals surface area contributed by atoms with E-state index < -0.39 is 0 Å². The average molecular weight is 237 g/mol. The molecule has 0 bridgehead atoms. The zero-order chi connectivity index (χ0) is 11.9. The van der Waals surface area contributed by atoms with Crippen LogP contribution in [0.4, 0.5) is 0 Å². The molecule has 1 aromatic rings. The molecule has 0 aromatic carbocycles. The van der Waals surface area contributed by atoms with Crippen molar-refractivity contribution in [1.29, 1.82) is 0 Å². The minimum Gasteiger partial charge on any atom is -0.378 e. The van der Waals surface area contributed by atoms with Gasteiger partial charge in [0.1, 0.15) is 0 Å². The summed E-state index contributed by atoms with van der Waals surface area (Å²) in [5, 5.41) is 7.79. The van der Waals surface area contributed by atoms with Crippen molar-refractivity contribution < 1.29 is 4.74 Å². The van der Waals surface area contributed by atoms with Gasteiger partial charge in [-0.1, -0.05) is 6.92 Å². The number of aryl methyl sites for hydroxylation is 1. The number of hydrogen-bond donors (Lipinski definition) is 1. The molecule has 96 valence electrons. The summed E-state index contributed by atoms with van der Waals surface area (Å²) in [5.41, 5.74) is 1.27. The SMILES string of the molecule is CCCNCc1ccnn1CCC1CCCO1. The molecule has 0 aliphatic carbocycles. The second-order valence-electron chi connectivity index (χ2n) is 4.65. The normalized spacial score (nSPS) is 19.9. The largest absolute Gasteiger partial charge is 0.378 e. The fraction of sp³-hybridized carbons (Fsp3) is 0.769. The van der Waals surface area contributed by atoms with Gasteiger partial charge in [0.2, 0.25) is 0 Å². The van der Waals surface area contributed by atoms with Crippen LogP contribution < -0.4 is 5.32 Å². The second kappa shape index (κ2) is 6.77. The highest BCUT2D eigenvalue weighted by molar-refractivity contribution is 5.00. The lowest BCUT2D eigenvalue weighted by Gasteiger charge is -2.11.